The Morgan fingerprint density at radius 2 is 1.92 bits per heavy atom. The van der Waals surface area contributed by atoms with Gasteiger partial charge >= 0.3 is 5.97 Å². The Hall–Kier alpha value is -2.62. The molecule has 0 N–H and O–H groups in total. The molecule has 0 aliphatic heterocycles. The van der Waals surface area contributed by atoms with Crippen molar-refractivity contribution < 1.29 is 18.7 Å². The molecule has 1 aliphatic carbocycles. The van der Waals surface area contributed by atoms with Crippen LogP contribution >= 0.6 is 0 Å². The first-order chi connectivity index (χ1) is 11.7. The number of carbonyl (C=O) groups excluding carboxylic acids is 1. The lowest BCUT2D eigenvalue weighted by Gasteiger charge is -2.11. The Bertz CT molecular complexity index is 782. The van der Waals surface area contributed by atoms with Gasteiger partial charge in [0.2, 0.25) is 0 Å². The minimum atomic E-state index is -0.438. The van der Waals surface area contributed by atoms with Crippen molar-refractivity contribution in [2.24, 2.45) is 0 Å². The second-order valence-corrected chi connectivity index (χ2v) is 5.85. The highest BCUT2D eigenvalue weighted by Crippen LogP contribution is 2.56. The lowest BCUT2D eigenvalue weighted by Crippen LogP contribution is -2.06. The maximum absolute atomic E-state index is 13.5. The zero-order valence-corrected chi connectivity index (χ0v) is 13.7. The number of hydrogen-bond donors (Lipinski definition) is 0. The summed E-state index contributed by atoms with van der Waals surface area (Å²) >= 11 is 0. The van der Waals surface area contributed by atoms with Crippen molar-refractivity contribution in [1.82, 2.24) is 0 Å². The molecule has 124 valence electrons. The van der Waals surface area contributed by atoms with E-state index in [0.717, 1.165) is 23.1 Å². The van der Waals surface area contributed by atoms with Gasteiger partial charge in [0, 0.05) is 0 Å². The van der Waals surface area contributed by atoms with Gasteiger partial charge in [-0.2, -0.15) is 0 Å². The summed E-state index contributed by atoms with van der Waals surface area (Å²) in [5.41, 5.74) is 3.24. The van der Waals surface area contributed by atoms with Crippen molar-refractivity contribution in [3.63, 3.8) is 0 Å². The predicted molar refractivity (Wildman–Crippen MR) is 89.9 cm³/mol. The molecule has 0 aromatic heterocycles. The lowest BCUT2D eigenvalue weighted by atomic mass is 9.95. The number of methoxy groups -OCH3 is 2. The van der Waals surface area contributed by atoms with Crippen LogP contribution in [-0.4, -0.2) is 20.2 Å². The molecule has 0 spiro atoms. The molecule has 4 heteroatoms. The van der Waals surface area contributed by atoms with Crippen LogP contribution in [0.1, 0.15) is 34.9 Å². The number of hydrogen-bond acceptors (Lipinski definition) is 3. The number of benzene rings is 2. The predicted octanol–water partition coefficient (Wildman–Crippen LogP) is 4.26. The normalized spacial score (nSPS) is 19.7. The molecule has 3 rings (SSSR count). The van der Waals surface area contributed by atoms with Crippen molar-refractivity contribution in [2.45, 2.75) is 18.3 Å². The summed E-state index contributed by atoms with van der Waals surface area (Å²) < 4.78 is 23.4. The molecule has 1 aliphatic rings. The van der Waals surface area contributed by atoms with E-state index >= 15 is 0 Å². The van der Waals surface area contributed by atoms with E-state index in [2.05, 4.69) is 0 Å². The minimum Gasteiger partial charge on any atom is -0.503 e. The summed E-state index contributed by atoms with van der Waals surface area (Å²) in [4.78, 5) is 12.1. The van der Waals surface area contributed by atoms with Crippen molar-refractivity contribution in [1.29, 1.82) is 0 Å². The molecule has 0 bridgehead atoms. The average Bonchev–Trinajstić information content (AvgIpc) is 3.40. The van der Waals surface area contributed by atoms with Crippen LogP contribution in [0.25, 0.3) is 5.57 Å². The molecule has 0 amide bonds. The Labute approximate surface area is 140 Å². The number of ether oxygens (including phenoxy) is 2. The van der Waals surface area contributed by atoms with E-state index in [9.17, 15) is 9.18 Å². The first kappa shape index (κ1) is 16.2. The van der Waals surface area contributed by atoms with Gasteiger partial charge in [-0.3, -0.25) is 0 Å². The van der Waals surface area contributed by atoms with Gasteiger partial charge in [0.05, 0.1) is 20.5 Å². The van der Waals surface area contributed by atoms with E-state index in [-0.39, 0.29) is 17.7 Å². The summed E-state index contributed by atoms with van der Waals surface area (Å²) in [6.07, 6.45) is 2.34. The van der Waals surface area contributed by atoms with Crippen molar-refractivity contribution >= 4 is 11.5 Å². The number of esters is 1. The molecule has 1 unspecified atom stereocenters. The van der Waals surface area contributed by atoms with Gasteiger partial charge in [0.15, 0.2) is 0 Å². The molecule has 3 nitrogen and oxygen atoms in total. The quantitative estimate of drug-likeness (QED) is 0.468. The Kier molecular flexibility index (Phi) is 4.65. The fraction of sp³-hybridized carbons (Fsp3) is 0.250. The number of carbonyl (C=O) groups is 1. The number of rotatable bonds is 5. The van der Waals surface area contributed by atoms with Gasteiger partial charge in [-0.1, -0.05) is 36.4 Å². The van der Waals surface area contributed by atoms with Crippen LogP contribution in [0.3, 0.4) is 0 Å². The summed E-state index contributed by atoms with van der Waals surface area (Å²) in [5, 5.41) is 0. The molecule has 2 atom stereocenters. The molecule has 1 saturated carbocycles. The molecular formula is C20H19FO3. The maximum atomic E-state index is 13.5. The summed E-state index contributed by atoms with van der Waals surface area (Å²) in [6.45, 7) is 0. The highest BCUT2D eigenvalue weighted by Gasteiger charge is 2.41. The summed E-state index contributed by atoms with van der Waals surface area (Å²) in [5.74, 6) is -0.135. The largest absolute Gasteiger partial charge is 0.503 e. The Balaban J connectivity index is 1.94. The molecule has 0 radical (unpaired) electrons. The molecule has 1 fully saturated rings. The highest BCUT2D eigenvalue weighted by atomic mass is 19.1. The van der Waals surface area contributed by atoms with Crippen LogP contribution in [-0.2, 0) is 14.3 Å². The van der Waals surface area contributed by atoms with Crippen molar-refractivity contribution in [3.8, 4) is 0 Å². The highest BCUT2D eigenvalue weighted by molar-refractivity contribution is 6.16. The third-order valence-electron chi connectivity index (χ3n) is 4.36. The smallest absolute Gasteiger partial charge is 0.341 e. The van der Waals surface area contributed by atoms with Crippen LogP contribution in [0, 0.1) is 5.82 Å². The zero-order valence-electron chi connectivity index (χ0n) is 13.7. The first-order valence-electron chi connectivity index (χ1n) is 7.81. The molecule has 0 saturated heterocycles. The molecule has 2 aromatic rings. The van der Waals surface area contributed by atoms with Crippen LogP contribution < -0.4 is 0 Å². The van der Waals surface area contributed by atoms with Crippen LogP contribution in [0.15, 0.2) is 54.8 Å². The van der Waals surface area contributed by atoms with Gasteiger partial charge in [-0.25, -0.2) is 9.18 Å². The SMILES string of the molecule is COC=C(C(=O)OC)c1ccccc1[C@@H]1CC1c1cccc(F)c1. The molecule has 0 heterocycles. The maximum Gasteiger partial charge on any atom is 0.341 e. The van der Waals surface area contributed by atoms with Gasteiger partial charge < -0.3 is 9.47 Å². The fourth-order valence-electron chi connectivity index (χ4n) is 3.16. The van der Waals surface area contributed by atoms with Crippen molar-refractivity contribution in [3.05, 3.63) is 77.3 Å². The average molecular weight is 326 g/mol. The molecule has 2 aromatic carbocycles. The van der Waals surface area contributed by atoms with Crippen molar-refractivity contribution in [2.75, 3.05) is 14.2 Å². The number of halogens is 1. The summed E-state index contributed by atoms with van der Waals surface area (Å²) in [6, 6.07) is 14.4. The standard InChI is InChI=1S/C20H19FO3/c1-23-12-19(20(22)24-2)16-9-4-3-8-15(16)18-11-17(18)13-6-5-7-14(21)10-13/h3-10,12,17-18H,11H2,1-2H3/t17?,18-/m0/s1. The van der Waals surface area contributed by atoms with Gasteiger partial charge in [-0.15, -0.1) is 0 Å². The fourth-order valence-corrected chi connectivity index (χ4v) is 3.16. The Morgan fingerprint density at radius 1 is 1.12 bits per heavy atom. The summed E-state index contributed by atoms with van der Waals surface area (Å²) in [7, 11) is 2.85. The van der Waals surface area contributed by atoms with E-state index in [0.29, 0.717) is 5.57 Å². The molecule has 24 heavy (non-hydrogen) atoms. The van der Waals surface area contributed by atoms with E-state index in [1.54, 1.807) is 12.1 Å². The van der Waals surface area contributed by atoms with E-state index in [1.165, 1.54) is 26.5 Å². The third kappa shape index (κ3) is 3.18. The van der Waals surface area contributed by atoms with Gasteiger partial charge in [-0.05, 0) is 47.1 Å². The van der Waals surface area contributed by atoms with Crippen LogP contribution in [0.4, 0.5) is 4.39 Å². The van der Waals surface area contributed by atoms with Gasteiger partial charge in [0.25, 0.3) is 0 Å². The topological polar surface area (TPSA) is 35.5 Å². The van der Waals surface area contributed by atoms with Crippen LogP contribution in [0.5, 0.6) is 0 Å². The first-order valence-corrected chi connectivity index (χ1v) is 7.81. The second kappa shape index (κ2) is 6.87. The molecular weight excluding hydrogens is 307 g/mol. The zero-order chi connectivity index (χ0) is 17.1. The third-order valence-corrected chi connectivity index (χ3v) is 4.36. The van der Waals surface area contributed by atoms with E-state index in [1.807, 2.05) is 30.3 Å². The van der Waals surface area contributed by atoms with Crippen LogP contribution in [0.2, 0.25) is 0 Å². The van der Waals surface area contributed by atoms with Gasteiger partial charge in [0.1, 0.15) is 11.4 Å². The minimum absolute atomic E-state index is 0.221. The Morgan fingerprint density at radius 3 is 2.62 bits per heavy atom. The van der Waals surface area contributed by atoms with E-state index in [4.69, 9.17) is 9.47 Å². The lowest BCUT2D eigenvalue weighted by molar-refractivity contribution is -0.133. The van der Waals surface area contributed by atoms with E-state index < -0.39 is 5.97 Å². The second-order valence-electron chi connectivity index (χ2n) is 5.85. The monoisotopic (exact) mass is 326 g/mol.